The third kappa shape index (κ3) is 4.32. The second-order valence-electron chi connectivity index (χ2n) is 11.1. The molecule has 2 N–H and O–H groups in total. The van der Waals surface area contributed by atoms with Crippen molar-refractivity contribution in [2.75, 3.05) is 39.3 Å². The maximum absolute atomic E-state index is 12.4. The molecule has 0 bridgehead atoms. The van der Waals surface area contributed by atoms with Crippen LogP contribution in [-0.2, 0) is 0 Å². The zero-order chi connectivity index (χ0) is 24.8. The van der Waals surface area contributed by atoms with Crippen molar-refractivity contribution < 1.29 is 9.72 Å². The van der Waals surface area contributed by atoms with Crippen LogP contribution in [0.2, 0.25) is 0 Å². The van der Waals surface area contributed by atoms with E-state index in [1.807, 2.05) is 15.3 Å². The van der Waals surface area contributed by atoms with E-state index in [2.05, 4.69) is 19.8 Å². The summed E-state index contributed by atoms with van der Waals surface area (Å²) in [5.41, 5.74) is 6.26. The molecule has 4 aliphatic rings. The molecule has 2 aromatic heterocycles. The molecule has 6 rings (SSSR count). The van der Waals surface area contributed by atoms with E-state index in [0.717, 1.165) is 65.0 Å². The quantitative estimate of drug-likeness (QED) is 0.417. The van der Waals surface area contributed by atoms with Crippen molar-refractivity contribution in [3.05, 3.63) is 28.3 Å². The Morgan fingerprint density at radius 2 is 1.44 bits per heavy atom. The number of amides is 1. The highest BCUT2D eigenvalue weighted by Gasteiger charge is 2.40. The van der Waals surface area contributed by atoms with Gasteiger partial charge in [0.15, 0.2) is 11.5 Å². The minimum absolute atomic E-state index is 0.149. The third-order valence-corrected chi connectivity index (χ3v) is 8.94. The van der Waals surface area contributed by atoms with Crippen molar-refractivity contribution in [3.63, 3.8) is 0 Å². The number of aromatic nitrogens is 4. The molecule has 2 aliphatic heterocycles. The molecule has 4 unspecified atom stereocenters. The Hall–Kier alpha value is -2.79. The molecule has 2 saturated heterocycles. The highest BCUT2D eigenvalue weighted by molar-refractivity contribution is 5.90. The van der Waals surface area contributed by atoms with Crippen LogP contribution in [0, 0.1) is 22.0 Å². The summed E-state index contributed by atoms with van der Waals surface area (Å²) in [6, 6.07) is 0.315. The lowest BCUT2D eigenvalue weighted by Crippen LogP contribution is -2.39. The van der Waals surface area contributed by atoms with Gasteiger partial charge in [0.1, 0.15) is 6.20 Å². The molecule has 11 nitrogen and oxygen atoms in total. The monoisotopic (exact) mass is 496 g/mol. The Morgan fingerprint density at radius 3 is 1.92 bits per heavy atom. The largest absolute Gasteiger partial charge is 0.382 e. The van der Waals surface area contributed by atoms with Crippen LogP contribution < -0.4 is 5.73 Å². The number of nitrogens with zero attached hydrogens (tertiary/aromatic N) is 7. The number of carbonyl (C=O) groups excluding carboxylic acids is 1. The second-order valence-corrected chi connectivity index (χ2v) is 11.1. The van der Waals surface area contributed by atoms with Crippen molar-refractivity contribution in [2.24, 2.45) is 17.6 Å². The summed E-state index contributed by atoms with van der Waals surface area (Å²) in [5, 5.41) is 11.7. The van der Waals surface area contributed by atoms with Crippen molar-refractivity contribution in [1.82, 2.24) is 28.9 Å². The highest BCUT2D eigenvalue weighted by atomic mass is 16.6. The molecule has 2 saturated carbocycles. The Kier molecular flexibility index (Phi) is 6.28. The predicted octanol–water partition coefficient (Wildman–Crippen LogP) is 2.85. The van der Waals surface area contributed by atoms with Crippen LogP contribution in [0.1, 0.15) is 74.1 Å². The van der Waals surface area contributed by atoms with Gasteiger partial charge in [-0.2, -0.15) is 0 Å². The Morgan fingerprint density at radius 1 is 0.889 bits per heavy atom. The number of primary amides is 1. The van der Waals surface area contributed by atoms with Crippen LogP contribution in [0.5, 0.6) is 0 Å². The van der Waals surface area contributed by atoms with Crippen LogP contribution >= 0.6 is 0 Å². The molecule has 36 heavy (non-hydrogen) atoms. The van der Waals surface area contributed by atoms with Gasteiger partial charge < -0.3 is 30.2 Å². The average molecular weight is 497 g/mol. The van der Waals surface area contributed by atoms with Crippen molar-refractivity contribution in [1.29, 1.82) is 0 Å². The fourth-order valence-electron chi connectivity index (χ4n) is 6.70. The summed E-state index contributed by atoms with van der Waals surface area (Å²) in [6.45, 7) is 6.58. The molecule has 0 radical (unpaired) electrons. The van der Waals surface area contributed by atoms with Gasteiger partial charge in [0.05, 0.1) is 0 Å². The number of hydrogen-bond acceptors (Lipinski definition) is 7. The van der Waals surface area contributed by atoms with Gasteiger partial charge in [0, 0.05) is 31.4 Å². The lowest BCUT2D eigenvalue weighted by atomic mass is 9.78. The minimum atomic E-state index is -0.573. The van der Waals surface area contributed by atoms with Gasteiger partial charge in [0.25, 0.3) is 11.7 Å². The van der Waals surface area contributed by atoms with Crippen molar-refractivity contribution in [2.45, 2.75) is 63.5 Å². The van der Waals surface area contributed by atoms with Gasteiger partial charge in [-0.05, 0) is 99.3 Å². The zero-order valence-corrected chi connectivity index (χ0v) is 20.8. The van der Waals surface area contributed by atoms with Gasteiger partial charge in [-0.1, -0.05) is 0 Å². The van der Waals surface area contributed by atoms with Crippen LogP contribution in [0.25, 0.3) is 11.5 Å². The number of hydrogen-bond donors (Lipinski definition) is 1. The van der Waals surface area contributed by atoms with Crippen molar-refractivity contribution in [3.8, 4) is 11.5 Å². The maximum Gasteiger partial charge on any atom is 0.382 e. The van der Waals surface area contributed by atoms with Crippen molar-refractivity contribution >= 4 is 11.7 Å². The number of carbonyl (C=O) groups is 1. The fourth-order valence-corrected chi connectivity index (χ4v) is 6.70. The molecule has 194 valence electrons. The molecule has 11 heteroatoms. The van der Waals surface area contributed by atoms with E-state index in [0.29, 0.717) is 23.4 Å². The lowest BCUT2D eigenvalue weighted by Gasteiger charge is -2.40. The molecule has 0 aromatic carbocycles. The third-order valence-electron chi connectivity index (χ3n) is 8.94. The van der Waals surface area contributed by atoms with Crippen LogP contribution in [0.4, 0.5) is 5.82 Å². The summed E-state index contributed by atoms with van der Waals surface area (Å²) < 4.78 is 3.87. The molecule has 4 heterocycles. The van der Waals surface area contributed by atoms with Gasteiger partial charge >= 0.3 is 5.82 Å². The van der Waals surface area contributed by atoms with E-state index in [9.17, 15) is 14.9 Å². The molecular formula is C25H36N8O3. The summed E-state index contributed by atoms with van der Waals surface area (Å²) in [4.78, 5) is 37.6. The number of imidazole rings is 2. The molecule has 2 aromatic rings. The summed E-state index contributed by atoms with van der Waals surface area (Å²) >= 11 is 0. The number of nitrogens with two attached hydrogens (primary N) is 1. The van der Waals surface area contributed by atoms with E-state index < -0.39 is 10.8 Å². The molecule has 2 aliphatic carbocycles. The average Bonchev–Trinajstić information content (AvgIpc) is 3.61. The van der Waals surface area contributed by atoms with Crippen LogP contribution in [-0.4, -0.2) is 79.0 Å². The first kappa shape index (κ1) is 23.6. The number of rotatable bonds is 9. The first-order valence-electron chi connectivity index (χ1n) is 13.5. The van der Waals surface area contributed by atoms with Crippen LogP contribution in [0.3, 0.4) is 0 Å². The number of likely N-dealkylation sites (tertiary alicyclic amines) is 2. The standard InChI is InChI=1S/C25H36N8O3/c26-23(34)25-27-19(15-31(25)20-7-5-17(20)13-29-9-1-2-10-29)24-28-22(33(35)36)16-32(24)21-8-6-18(21)14-30-11-3-4-12-30/h15-18,20-21H,1-14H2,(H2,26,34). The Bertz CT molecular complexity index is 1130. The van der Waals surface area contributed by atoms with E-state index in [-0.39, 0.29) is 23.7 Å². The van der Waals surface area contributed by atoms with E-state index >= 15 is 0 Å². The smallest absolute Gasteiger partial charge is 0.363 e. The van der Waals surface area contributed by atoms with Gasteiger partial charge in [-0.3, -0.25) is 9.36 Å². The molecule has 0 spiro atoms. The molecule has 4 fully saturated rings. The van der Waals surface area contributed by atoms with E-state index in [4.69, 9.17) is 5.73 Å². The lowest BCUT2D eigenvalue weighted by molar-refractivity contribution is -0.389. The topological polar surface area (TPSA) is 128 Å². The van der Waals surface area contributed by atoms with Crippen LogP contribution in [0.15, 0.2) is 12.4 Å². The van der Waals surface area contributed by atoms with Gasteiger partial charge in [-0.25, -0.2) is 4.98 Å². The summed E-state index contributed by atoms with van der Waals surface area (Å²) in [6.07, 6.45) is 12.6. The number of nitro groups is 1. The van der Waals surface area contributed by atoms with E-state index in [1.54, 1.807) is 6.20 Å². The molecular weight excluding hydrogens is 460 g/mol. The normalized spacial score (nSPS) is 28.8. The SMILES string of the molecule is NC(=O)c1nc(-c2nc([N+](=O)[O-])cn2C2CCC2CN2CCCC2)cn1C1CCC1CN1CCCC1. The summed E-state index contributed by atoms with van der Waals surface area (Å²) in [7, 11) is 0. The molecule has 4 atom stereocenters. The Balaban J connectivity index is 1.29. The Labute approximate surface area is 210 Å². The minimum Gasteiger partial charge on any atom is -0.363 e. The fraction of sp³-hybridized carbons (Fsp3) is 0.720. The first-order chi connectivity index (χ1) is 17.5. The predicted molar refractivity (Wildman–Crippen MR) is 133 cm³/mol. The van der Waals surface area contributed by atoms with Gasteiger partial charge in [0.2, 0.25) is 0 Å². The zero-order valence-electron chi connectivity index (χ0n) is 20.8. The summed E-state index contributed by atoms with van der Waals surface area (Å²) in [5.74, 6) is 0.826. The maximum atomic E-state index is 12.4. The highest BCUT2D eigenvalue weighted by Crippen LogP contribution is 2.44. The van der Waals surface area contributed by atoms with E-state index in [1.165, 1.54) is 25.7 Å². The second kappa shape index (κ2) is 9.59. The molecule has 1 amide bonds. The van der Waals surface area contributed by atoms with Gasteiger partial charge in [-0.15, -0.1) is 0 Å². The first-order valence-corrected chi connectivity index (χ1v) is 13.5.